The van der Waals surface area contributed by atoms with E-state index in [-0.39, 0.29) is 29.1 Å². The molecule has 2 fully saturated rings. The van der Waals surface area contributed by atoms with Crippen LogP contribution in [0.15, 0.2) is 46.9 Å². The molecule has 7 heteroatoms. The summed E-state index contributed by atoms with van der Waals surface area (Å²) in [7, 11) is 1.64. The zero-order valence-corrected chi connectivity index (χ0v) is 20.6. The maximum atomic E-state index is 13.8. The highest BCUT2D eigenvalue weighted by atomic mass is 79.9. The van der Waals surface area contributed by atoms with Crippen LogP contribution in [0.4, 0.5) is 4.39 Å². The molecule has 1 aliphatic carbocycles. The van der Waals surface area contributed by atoms with E-state index in [1.165, 1.54) is 12.1 Å². The molecule has 32 heavy (non-hydrogen) atoms. The molecule has 0 bridgehead atoms. The van der Waals surface area contributed by atoms with Crippen LogP contribution in [0.5, 0.6) is 5.75 Å². The molecule has 1 saturated carbocycles. The Morgan fingerprint density at radius 1 is 1.31 bits per heavy atom. The molecule has 1 N–H and O–H groups in total. The molecule has 1 aliphatic heterocycles. The van der Waals surface area contributed by atoms with Crippen molar-refractivity contribution in [1.29, 1.82) is 0 Å². The zero-order chi connectivity index (χ0) is 22.9. The van der Waals surface area contributed by atoms with E-state index < -0.39 is 5.41 Å². The summed E-state index contributed by atoms with van der Waals surface area (Å²) in [5, 5.41) is 3.25. The van der Waals surface area contributed by atoms with Crippen LogP contribution in [-0.2, 0) is 9.53 Å². The van der Waals surface area contributed by atoms with Crippen molar-refractivity contribution in [2.24, 2.45) is 10.8 Å². The quantitative estimate of drug-likeness (QED) is 0.410. The fourth-order valence-electron chi connectivity index (χ4n) is 4.87. The summed E-state index contributed by atoms with van der Waals surface area (Å²) in [5.74, 6) is 1.04. The Bertz CT molecular complexity index is 976. The van der Waals surface area contributed by atoms with Gasteiger partial charge in [-0.1, -0.05) is 25.1 Å². The molecule has 4 nitrogen and oxygen atoms in total. The smallest absolute Gasteiger partial charge is 0.227 e. The fourth-order valence-corrected chi connectivity index (χ4v) is 5.52. The van der Waals surface area contributed by atoms with Gasteiger partial charge in [0, 0.05) is 11.3 Å². The maximum Gasteiger partial charge on any atom is 0.227 e. The van der Waals surface area contributed by atoms with Gasteiger partial charge >= 0.3 is 0 Å². The minimum Gasteiger partial charge on any atom is -0.496 e. The van der Waals surface area contributed by atoms with E-state index in [4.69, 9.17) is 21.1 Å². The minimum atomic E-state index is -0.551. The van der Waals surface area contributed by atoms with Crippen LogP contribution in [-0.4, -0.2) is 32.1 Å². The first kappa shape index (κ1) is 23.5. The van der Waals surface area contributed by atoms with E-state index in [9.17, 15) is 9.18 Å². The number of hydrogen-bond donors (Lipinski definition) is 1. The summed E-state index contributed by atoms with van der Waals surface area (Å²) in [6, 6.07) is 12.2. The Morgan fingerprint density at radius 2 is 2.03 bits per heavy atom. The van der Waals surface area contributed by atoms with Gasteiger partial charge in [-0.05, 0) is 76.5 Å². The number of halogens is 3. The summed E-state index contributed by atoms with van der Waals surface area (Å²) in [6.45, 7) is 3.18. The summed E-state index contributed by atoms with van der Waals surface area (Å²) >= 11 is 9.84. The molecule has 1 saturated heterocycles. The number of hydrogen-bond acceptors (Lipinski definition) is 3. The predicted molar refractivity (Wildman–Crippen MR) is 127 cm³/mol. The van der Waals surface area contributed by atoms with Gasteiger partial charge < -0.3 is 14.8 Å². The number of alkyl halides is 1. The van der Waals surface area contributed by atoms with Gasteiger partial charge in [0.05, 0.1) is 36.3 Å². The summed E-state index contributed by atoms with van der Waals surface area (Å²) in [5.41, 5.74) is 1.26. The van der Waals surface area contributed by atoms with Crippen molar-refractivity contribution in [2.45, 2.75) is 38.1 Å². The Kier molecular flexibility index (Phi) is 6.85. The molecule has 2 aromatic rings. The molecule has 3 atom stereocenters. The van der Waals surface area contributed by atoms with E-state index >= 15 is 0 Å². The molecule has 1 heterocycles. The lowest BCUT2D eigenvalue weighted by Crippen LogP contribution is -2.49. The van der Waals surface area contributed by atoms with Crippen molar-refractivity contribution in [3.8, 4) is 5.75 Å². The van der Waals surface area contributed by atoms with Crippen LogP contribution >= 0.6 is 27.5 Å². The van der Waals surface area contributed by atoms with E-state index in [2.05, 4.69) is 21.2 Å². The molecule has 172 valence electrons. The van der Waals surface area contributed by atoms with Crippen LogP contribution in [0.1, 0.15) is 49.3 Å². The molecular weight excluding hydrogens is 497 g/mol. The number of nitrogens with one attached hydrogen (secondary N) is 1. The van der Waals surface area contributed by atoms with E-state index in [0.29, 0.717) is 31.9 Å². The molecule has 2 aromatic carbocycles. The van der Waals surface area contributed by atoms with Crippen LogP contribution < -0.4 is 10.1 Å². The highest BCUT2D eigenvalue weighted by molar-refractivity contribution is 9.10. The second kappa shape index (κ2) is 9.32. The Labute approximate surface area is 201 Å². The largest absolute Gasteiger partial charge is 0.496 e. The predicted octanol–water partition coefficient (Wildman–Crippen LogP) is 5.98. The molecule has 4 rings (SSSR count). The lowest BCUT2D eigenvalue weighted by molar-refractivity contribution is -0.138. The first-order valence-corrected chi connectivity index (χ1v) is 12.2. The van der Waals surface area contributed by atoms with Gasteiger partial charge in [0.25, 0.3) is 0 Å². The lowest BCUT2D eigenvalue weighted by Gasteiger charge is -2.42. The molecule has 1 amide bonds. The van der Waals surface area contributed by atoms with Gasteiger partial charge in [0.15, 0.2) is 0 Å². The molecule has 2 aliphatic rings. The molecular formula is C25H28BrClFNO3. The van der Waals surface area contributed by atoms with Gasteiger partial charge in [-0.15, -0.1) is 11.6 Å². The second-order valence-electron chi connectivity index (χ2n) is 9.10. The van der Waals surface area contributed by atoms with Crippen LogP contribution in [0.25, 0.3) is 0 Å². The Balaban J connectivity index is 1.61. The van der Waals surface area contributed by atoms with Crippen molar-refractivity contribution >= 4 is 33.4 Å². The van der Waals surface area contributed by atoms with Crippen LogP contribution in [0.2, 0.25) is 0 Å². The first-order chi connectivity index (χ1) is 15.4. The molecule has 0 aromatic heterocycles. The number of rotatable bonds is 9. The summed E-state index contributed by atoms with van der Waals surface area (Å²) < 4.78 is 25.2. The number of amides is 1. The zero-order valence-electron chi connectivity index (χ0n) is 18.3. The number of carbonyl (C=O) groups excluding carboxylic acids is 1. The number of benzene rings is 2. The van der Waals surface area contributed by atoms with Crippen molar-refractivity contribution in [3.05, 3.63) is 63.9 Å². The number of carbonyl (C=O) groups is 1. The standard InChI is InChI=1S/C25H28BrClFNO3/c1-3-21(16-4-7-18(28)8-5-16)29-23(30)25(12-24(13-27)14-32-15-24)11-19(25)17-6-9-20(26)22(10-17)31-2/h4-10,19,21H,3,11-15H2,1-2H3,(H,29,30). The average molecular weight is 525 g/mol. The van der Waals surface area contributed by atoms with Crippen molar-refractivity contribution in [1.82, 2.24) is 5.32 Å². The topological polar surface area (TPSA) is 47.6 Å². The normalized spacial score (nSPS) is 24.3. The van der Waals surface area contributed by atoms with E-state index in [1.807, 2.05) is 25.1 Å². The van der Waals surface area contributed by atoms with E-state index in [1.54, 1.807) is 19.2 Å². The summed E-state index contributed by atoms with van der Waals surface area (Å²) in [6.07, 6.45) is 2.15. The van der Waals surface area contributed by atoms with Crippen molar-refractivity contribution in [2.75, 3.05) is 26.2 Å². The fraction of sp³-hybridized carbons (Fsp3) is 0.480. The molecule has 0 spiro atoms. The highest BCUT2D eigenvalue weighted by Gasteiger charge is 2.64. The second-order valence-corrected chi connectivity index (χ2v) is 10.2. The highest BCUT2D eigenvalue weighted by Crippen LogP contribution is 2.65. The number of ether oxygens (including phenoxy) is 2. The maximum absolute atomic E-state index is 13.8. The van der Waals surface area contributed by atoms with Gasteiger partial charge in [-0.3, -0.25) is 4.79 Å². The van der Waals surface area contributed by atoms with Gasteiger partial charge in [0.2, 0.25) is 5.91 Å². The SMILES string of the molecule is CCC(NC(=O)C1(CC2(CCl)COC2)CC1c1ccc(Br)c(OC)c1)c1ccc(F)cc1. The van der Waals surface area contributed by atoms with Crippen LogP contribution in [0, 0.1) is 16.6 Å². The third-order valence-electron chi connectivity index (χ3n) is 6.88. The first-order valence-electron chi connectivity index (χ1n) is 10.9. The number of methoxy groups -OCH3 is 1. The molecule has 3 unspecified atom stereocenters. The third kappa shape index (κ3) is 4.42. The average Bonchev–Trinajstić information content (AvgIpc) is 3.51. The molecule has 0 radical (unpaired) electrons. The van der Waals surface area contributed by atoms with Crippen molar-refractivity contribution < 1.29 is 18.7 Å². The van der Waals surface area contributed by atoms with Crippen molar-refractivity contribution in [3.63, 3.8) is 0 Å². The lowest BCUT2D eigenvalue weighted by atomic mass is 9.75. The Hall–Kier alpha value is -1.63. The van der Waals surface area contributed by atoms with Crippen LogP contribution in [0.3, 0.4) is 0 Å². The Morgan fingerprint density at radius 3 is 2.59 bits per heavy atom. The minimum absolute atomic E-state index is 0.0250. The van der Waals surface area contributed by atoms with Gasteiger partial charge in [0.1, 0.15) is 11.6 Å². The monoisotopic (exact) mass is 523 g/mol. The third-order valence-corrected chi connectivity index (χ3v) is 8.10. The van der Waals surface area contributed by atoms with Gasteiger partial charge in [-0.2, -0.15) is 0 Å². The van der Waals surface area contributed by atoms with Gasteiger partial charge in [-0.25, -0.2) is 4.39 Å². The summed E-state index contributed by atoms with van der Waals surface area (Å²) in [4.78, 5) is 13.8. The van der Waals surface area contributed by atoms with E-state index in [0.717, 1.165) is 27.8 Å².